The van der Waals surface area contributed by atoms with Crippen LogP contribution in [0.1, 0.15) is 40.4 Å². The summed E-state index contributed by atoms with van der Waals surface area (Å²) in [5, 5.41) is 13.9. The first-order valence-electron chi connectivity index (χ1n) is 12.9. The molecule has 3 N–H and O–H groups in total. The quantitative estimate of drug-likeness (QED) is 0.222. The van der Waals surface area contributed by atoms with Gasteiger partial charge >= 0.3 is 6.18 Å². The van der Waals surface area contributed by atoms with Gasteiger partial charge in [-0.15, -0.1) is 0 Å². The Balaban J connectivity index is 1.67. The smallest absolute Gasteiger partial charge is 0.416 e. The number of aliphatic hydroxyl groups is 1. The van der Waals surface area contributed by atoms with Gasteiger partial charge in [0, 0.05) is 23.7 Å². The lowest BCUT2D eigenvalue weighted by molar-refractivity contribution is -0.137. The number of carbonyl (C=O) groups excluding carboxylic acids is 2. The van der Waals surface area contributed by atoms with Crippen molar-refractivity contribution in [1.29, 1.82) is 0 Å². The average Bonchev–Trinajstić information content (AvgIpc) is 2.96. The Morgan fingerprint density at radius 2 is 1.86 bits per heavy atom. The van der Waals surface area contributed by atoms with Gasteiger partial charge in [0.2, 0.25) is 5.91 Å². The number of alkyl halides is 3. The number of halogens is 5. The summed E-state index contributed by atoms with van der Waals surface area (Å²) >= 11 is 6.21. The number of ether oxygens (including phenoxy) is 1. The maximum absolute atomic E-state index is 13.8. The number of amides is 2. The van der Waals surface area contributed by atoms with Gasteiger partial charge in [0.1, 0.15) is 18.2 Å². The predicted octanol–water partition coefficient (Wildman–Crippen LogP) is 4.45. The van der Waals surface area contributed by atoms with Gasteiger partial charge in [-0.25, -0.2) is 12.8 Å². The second kappa shape index (κ2) is 13.2. The zero-order valence-corrected chi connectivity index (χ0v) is 23.9. The van der Waals surface area contributed by atoms with Crippen LogP contribution >= 0.6 is 11.6 Å². The summed E-state index contributed by atoms with van der Waals surface area (Å²) in [6.45, 7) is -0.275. The van der Waals surface area contributed by atoms with E-state index in [9.17, 15) is 35.6 Å². The van der Waals surface area contributed by atoms with Crippen molar-refractivity contribution in [2.45, 2.75) is 30.0 Å². The molecule has 9 nitrogen and oxygen atoms in total. The molecule has 1 atom stereocenters. The van der Waals surface area contributed by atoms with E-state index >= 15 is 0 Å². The number of nitrogens with one attached hydrogen (secondary N) is 2. The largest absolute Gasteiger partial charge is 0.489 e. The highest BCUT2D eigenvalue weighted by molar-refractivity contribution is 7.92. The molecule has 0 saturated heterocycles. The Kier molecular flexibility index (Phi) is 9.82. The Bertz CT molecular complexity index is 1620. The molecule has 3 aromatic rings. The highest BCUT2D eigenvalue weighted by atomic mass is 35.5. The van der Waals surface area contributed by atoms with Gasteiger partial charge in [-0.3, -0.25) is 13.9 Å². The van der Waals surface area contributed by atoms with E-state index in [0.717, 1.165) is 34.6 Å². The number of carbonyl (C=O) groups is 2. The molecule has 1 aliphatic rings. The van der Waals surface area contributed by atoms with Crippen molar-refractivity contribution in [1.82, 2.24) is 10.6 Å². The predicted molar refractivity (Wildman–Crippen MR) is 149 cm³/mol. The summed E-state index contributed by atoms with van der Waals surface area (Å²) in [5.41, 5.74) is -1.33. The maximum atomic E-state index is 13.8. The van der Waals surface area contributed by atoms with Crippen LogP contribution in [0.5, 0.6) is 5.75 Å². The molecule has 230 valence electrons. The average molecular weight is 644 g/mol. The summed E-state index contributed by atoms with van der Waals surface area (Å²) in [6.07, 6.45) is -4.99. The lowest BCUT2D eigenvalue weighted by Gasteiger charge is -2.31. The maximum Gasteiger partial charge on any atom is 0.416 e. The number of benzene rings is 3. The Morgan fingerprint density at radius 1 is 1.09 bits per heavy atom. The third kappa shape index (κ3) is 7.56. The van der Waals surface area contributed by atoms with Crippen molar-refractivity contribution >= 4 is 39.1 Å². The van der Waals surface area contributed by atoms with E-state index in [0.29, 0.717) is 0 Å². The van der Waals surface area contributed by atoms with E-state index in [4.69, 9.17) is 21.4 Å². The zero-order chi connectivity index (χ0) is 31.4. The van der Waals surface area contributed by atoms with Crippen LogP contribution in [-0.2, 0) is 21.0 Å². The van der Waals surface area contributed by atoms with Gasteiger partial charge in [-0.2, -0.15) is 13.2 Å². The molecule has 0 radical (unpaired) electrons. The number of sulfonamides is 1. The highest BCUT2D eigenvalue weighted by Crippen LogP contribution is 2.37. The molecular weight excluding hydrogens is 618 g/mol. The van der Waals surface area contributed by atoms with Crippen LogP contribution in [0.2, 0.25) is 5.02 Å². The zero-order valence-electron chi connectivity index (χ0n) is 22.3. The minimum Gasteiger partial charge on any atom is -0.489 e. The molecule has 0 fully saturated rings. The third-order valence-corrected chi connectivity index (χ3v) is 8.63. The van der Waals surface area contributed by atoms with E-state index in [2.05, 4.69) is 10.6 Å². The molecule has 1 heterocycles. The van der Waals surface area contributed by atoms with Crippen LogP contribution < -0.4 is 19.7 Å². The minimum atomic E-state index is -4.73. The first-order chi connectivity index (χ1) is 20.3. The van der Waals surface area contributed by atoms with Crippen LogP contribution in [0.3, 0.4) is 0 Å². The SMILES string of the molecule is O=C(C[C@H](NC(=O)c1ccc2c(c1)N(S(=O)(=O)c1cccc(F)c1)CCO2)c1cc(C(F)(F)F)ccc1Cl)NCCCO. The summed E-state index contributed by atoms with van der Waals surface area (Å²) in [6, 6.07) is 9.49. The molecule has 1 aliphatic heterocycles. The summed E-state index contributed by atoms with van der Waals surface area (Å²) in [5.74, 6) is -2.11. The second-order valence-electron chi connectivity index (χ2n) is 9.46. The number of aliphatic hydroxyl groups excluding tert-OH is 1. The molecule has 0 saturated carbocycles. The number of hydrogen-bond acceptors (Lipinski definition) is 6. The first kappa shape index (κ1) is 32.0. The summed E-state index contributed by atoms with van der Waals surface area (Å²) in [7, 11) is -4.27. The number of nitrogens with zero attached hydrogens (tertiary/aromatic N) is 1. The van der Waals surface area contributed by atoms with Crippen LogP contribution in [0.15, 0.2) is 65.6 Å². The number of rotatable bonds is 10. The topological polar surface area (TPSA) is 125 Å². The van der Waals surface area contributed by atoms with Crippen molar-refractivity contribution in [3.8, 4) is 5.75 Å². The normalized spacial score (nSPS) is 14.0. The van der Waals surface area contributed by atoms with Crippen molar-refractivity contribution in [2.75, 3.05) is 30.6 Å². The minimum absolute atomic E-state index is 0.0152. The molecule has 2 amide bonds. The van der Waals surface area contributed by atoms with Crippen LogP contribution in [0.4, 0.5) is 23.2 Å². The molecule has 3 aromatic carbocycles. The van der Waals surface area contributed by atoms with E-state index < -0.39 is 51.9 Å². The highest BCUT2D eigenvalue weighted by Gasteiger charge is 2.34. The van der Waals surface area contributed by atoms with Gasteiger partial charge in [0.15, 0.2) is 0 Å². The lowest BCUT2D eigenvalue weighted by atomic mass is 9.99. The number of hydrogen-bond donors (Lipinski definition) is 3. The van der Waals surface area contributed by atoms with Gasteiger partial charge in [0.05, 0.1) is 35.2 Å². The fourth-order valence-electron chi connectivity index (χ4n) is 4.37. The van der Waals surface area contributed by atoms with E-state index in [1.807, 2.05) is 0 Å². The van der Waals surface area contributed by atoms with Crippen LogP contribution in [0, 0.1) is 5.82 Å². The second-order valence-corrected chi connectivity index (χ2v) is 11.7. The molecule has 4 rings (SSSR count). The summed E-state index contributed by atoms with van der Waals surface area (Å²) in [4.78, 5) is 25.7. The Morgan fingerprint density at radius 3 is 2.56 bits per heavy atom. The van der Waals surface area contributed by atoms with Crippen molar-refractivity contribution < 1.29 is 45.4 Å². The summed E-state index contributed by atoms with van der Waals surface area (Å²) < 4.78 is 87.5. The van der Waals surface area contributed by atoms with Gasteiger partial charge in [-0.05, 0) is 66.6 Å². The van der Waals surface area contributed by atoms with Crippen LogP contribution in [-0.4, -0.2) is 51.6 Å². The first-order valence-corrected chi connectivity index (χ1v) is 14.7. The van der Waals surface area contributed by atoms with Gasteiger partial charge in [-0.1, -0.05) is 17.7 Å². The molecule has 0 aromatic heterocycles. The van der Waals surface area contributed by atoms with Crippen LogP contribution in [0.25, 0.3) is 0 Å². The van der Waals surface area contributed by atoms with Gasteiger partial charge in [0.25, 0.3) is 15.9 Å². The van der Waals surface area contributed by atoms with Gasteiger partial charge < -0.3 is 20.5 Å². The van der Waals surface area contributed by atoms with Crippen molar-refractivity contribution in [2.24, 2.45) is 0 Å². The molecule has 0 spiro atoms. The Labute approximate surface area is 249 Å². The monoisotopic (exact) mass is 643 g/mol. The van der Waals surface area contributed by atoms with E-state index in [-0.39, 0.29) is 65.2 Å². The lowest BCUT2D eigenvalue weighted by Crippen LogP contribution is -2.38. The molecular formula is C28H26ClF4N3O6S. The number of anilines is 1. The van der Waals surface area contributed by atoms with Crippen molar-refractivity contribution in [3.05, 3.63) is 88.2 Å². The molecule has 43 heavy (non-hydrogen) atoms. The Hall–Kier alpha value is -3.88. The molecule has 0 aliphatic carbocycles. The fourth-order valence-corrected chi connectivity index (χ4v) is 6.10. The third-order valence-electron chi connectivity index (χ3n) is 6.48. The molecule has 0 unspecified atom stereocenters. The fraction of sp³-hybridized carbons (Fsp3) is 0.286. The molecule has 0 bridgehead atoms. The van der Waals surface area contributed by atoms with E-state index in [1.165, 1.54) is 30.3 Å². The molecule has 15 heteroatoms. The van der Waals surface area contributed by atoms with Crippen molar-refractivity contribution in [3.63, 3.8) is 0 Å². The number of fused-ring (bicyclic) bond motifs is 1. The standard InChI is InChI=1S/C28H26ClF4N3O6S/c29-22-7-6-18(28(31,32)33)14-21(22)23(16-26(38)34-9-2-11-37)35-27(39)17-5-8-25-24(13-17)36(10-12-42-25)43(40,41)20-4-1-3-19(30)15-20/h1,3-8,13-15,23,37H,2,9-12,16H2,(H,34,38)(H,35,39)/t23-/m0/s1. The van der Waals surface area contributed by atoms with E-state index in [1.54, 1.807) is 0 Å².